The van der Waals surface area contributed by atoms with Gasteiger partial charge >= 0.3 is 0 Å². The zero-order valence-corrected chi connectivity index (χ0v) is 59.6. The van der Waals surface area contributed by atoms with Crippen molar-refractivity contribution in [2.24, 2.45) is 0 Å². The molecule has 0 radical (unpaired) electrons. The second-order valence-electron chi connectivity index (χ2n) is 23.5. The molecule has 626 valence electrons. The van der Waals surface area contributed by atoms with Crippen LogP contribution in [-0.2, 0) is 173 Å². The second kappa shape index (κ2) is 37.5. The molecule has 6 heterocycles. The van der Waals surface area contributed by atoms with Gasteiger partial charge in [-0.15, -0.1) is 0 Å². The third-order valence-electron chi connectivity index (χ3n) is 15.7. The van der Waals surface area contributed by atoms with Crippen LogP contribution in [0.25, 0.3) is 0 Å². The molecule has 0 bridgehead atoms. The van der Waals surface area contributed by atoms with Crippen molar-refractivity contribution in [1.82, 2.24) is 16.0 Å². The summed E-state index contributed by atoms with van der Waals surface area (Å²) in [7, 11) is -36.7. The zero-order chi connectivity index (χ0) is 81.6. The molecule has 55 nitrogen and oxygen atoms in total. The fourth-order valence-electron chi connectivity index (χ4n) is 11.4. The first-order valence-corrected chi connectivity index (χ1v) is 38.3. The van der Waals surface area contributed by atoms with Crippen LogP contribution in [0, 0.1) is 0 Å². The predicted molar refractivity (Wildman–Crippen MR) is 302 cm³/mol. The summed E-state index contributed by atoms with van der Waals surface area (Å²) in [6, 6.07) is -7.02. The Balaban J connectivity index is 1.38. The van der Waals surface area contributed by atoms with Crippen LogP contribution in [0.2, 0.25) is 0 Å². The van der Waals surface area contributed by atoms with Gasteiger partial charge < -0.3 is 166 Å². The number of aliphatic carboxylic acids is 3. The lowest BCUT2D eigenvalue weighted by molar-refractivity contribution is -0.391. The van der Waals surface area contributed by atoms with Crippen molar-refractivity contribution in [3.8, 4) is 0 Å². The topological polar surface area (TPSA) is 859 Å². The summed E-state index contributed by atoms with van der Waals surface area (Å²) in [5.74, 6) is -11.4. The average Bonchev–Trinajstić information content (AvgIpc) is 0.764. The van der Waals surface area contributed by atoms with Gasteiger partial charge in [0.05, 0.1) is 37.7 Å². The lowest BCUT2D eigenvalue weighted by Crippen LogP contribution is -2.72. The third-order valence-corrected chi connectivity index (χ3v) is 18.4. The SMILES string of the molecule is CCCCCO[C@H]1O[C@H](COS(=O)(=O)[O-])[C@@H](O[C@@H]2O[C@@H](C(=O)[O-])[C@@H](O[C@H]3O[C@H](COS(=O)(=O)[O-])[C@@H](O[C@@H]4O[C@@H](C(=O)[O-])[C@@H](O[C@H]5O[C@H](COS(=O)(=O)[O-])[C@@H](O[C@@H]6O[C@@H](C(=O)[O-])[C@@H](O)[C@H](O)[C@H]6OS(=O)(=O)[O-])[C@H](O)[C@H]5NC(C)=O)[C@H](O)[C@H]4OS(=O)(=O)[O-])[C@H](O)[C@H]3NC(C)=O)[C@H](O)[C@H]2OS(=O)(=O)[O-])[C@H](O)[C@H]1NC(C)=O. The molecule has 0 spiro atoms. The molecule has 6 fully saturated rings. The number of nitrogens with one attached hydrogen (secondary N) is 3. The Bertz CT molecular complexity index is 3840. The number of amides is 3. The highest BCUT2D eigenvalue weighted by Crippen LogP contribution is 2.40. The van der Waals surface area contributed by atoms with Gasteiger partial charge in [-0.3, -0.25) is 39.5 Å². The minimum atomic E-state index is -6.48. The maximum absolute atomic E-state index is 13.1. The first-order valence-electron chi connectivity index (χ1n) is 30.3. The maximum atomic E-state index is 13.1. The van der Waals surface area contributed by atoms with Gasteiger partial charge in [0.25, 0.3) is 0 Å². The van der Waals surface area contributed by atoms with Gasteiger partial charge in [-0.25, -0.2) is 50.5 Å². The van der Waals surface area contributed by atoms with Crippen molar-refractivity contribution in [3.63, 3.8) is 0 Å². The van der Waals surface area contributed by atoms with Crippen molar-refractivity contribution in [1.29, 1.82) is 0 Å². The molecule has 61 heteroatoms. The molecule has 108 heavy (non-hydrogen) atoms. The smallest absolute Gasteiger partial charge is 0.218 e. The fourth-order valence-corrected chi connectivity index (χ4v) is 13.7. The summed E-state index contributed by atoms with van der Waals surface area (Å²) in [5, 5.41) is 125. The highest BCUT2D eigenvalue weighted by molar-refractivity contribution is 7.82. The first-order chi connectivity index (χ1) is 49.6. The van der Waals surface area contributed by atoms with E-state index < -0.39 is 302 Å². The lowest BCUT2D eigenvalue weighted by atomic mass is 9.93. The van der Waals surface area contributed by atoms with E-state index >= 15 is 0 Å². The molecule has 3 amide bonds. The van der Waals surface area contributed by atoms with Crippen LogP contribution >= 0.6 is 0 Å². The summed E-state index contributed by atoms with van der Waals surface area (Å²) in [4.78, 5) is 76.1. The normalized spacial score (nSPS) is 38.2. The predicted octanol–water partition coefficient (Wildman–Crippen LogP) is -18.3. The van der Waals surface area contributed by atoms with Crippen LogP contribution < -0.4 is 31.3 Å². The van der Waals surface area contributed by atoms with Crippen LogP contribution in [-0.4, -0.2) is 360 Å². The number of carbonyl (C=O) groups is 6. The van der Waals surface area contributed by atoms with E-state index in [0.29, 0.717) is 26.7 Å². The van der Waals surface area contributed by atoms with Crippen LogP contribution in [0.3, 0.4) is 0 Å². The minimum Gasteiger partial charge on any atom is -0.726 e. The Labute approximate surface area is 608 Å². The van der Waals surface area contributed by atoms with Gasteiger partial charge in [-0.05, 0) is 6.42 Å². The quantitative estimate of drug-likeness (QED) is 0.0158. The first kappa shape index (κ1) is 92.2. The molecule has 0 saturated carbocycles. The number of aliphatic hydroxyl groups excluding tert-OH is 7. The highest BCUT2D eigenvalue weighted by Gasteiger charge is 2.61. The Morgan fingerprint density at radius 1 is 0.343 bits per heavy atom. The van der Waals surface area contributed by atoms with E-state index in [1.807, 2.05) is 10.6 Å². The van der Waals surface area contributed by atoms with Crippen molar-refractivity contribution in [2.45, 2.75) is 231 Å². The van der Waals surface area contributed by atoms with Crippen molar-refractivity contribution < 1.29 is 240 Å². The summed E-state index contributed by atoms with van der Waals surface area (Å²) in [5.41, 5.74) is 0. The Kier molecular flexibility index (Phi) is 32.0. The minimum absolute atomic E-state index is 0.209. The van der Waals surface area contributed by atoms with Gasteiger partial charge in [0.15, 0.2) is 56.1 Å². The number of hydrogen-bond donors (Lipinski definition) is 10. The van der Waals surface area contributed by atoms with Gasteiger partial charge in [0.2, 0.25) is 80.1 Å². The van der Waals surface area contributed by atoms with Crippen LogP contribution in [0.15, 0.2) is 0 Å². The van der Waals surface area contributed by atoms with E-state index in [1.54, 1.807) is 6.92 Å². The monoisotopic (exact) mass is 1700 g/mol. The van der Waals surface area contributed by atoms with E-state index in [0.717, 1.165) is 6.92 Å². The second-order valence-corrected chi connectivity index (χ2v) is 29.7. The Morgan fingerprint density at radius 2 is 0.620 bits per heavy atom. The standard InChI is InChI=1S/C47H75N3O52S6/c1-5-6-7-8-85-42-18(48-12(2)51)21(54)28(15(89-42)9-86-103(67,68)69)93-46-35(101-107(79,80)81)26(59)31(37(98-46)40(63)64)96-44-20(50-14(4)53)23(56)30(17(91-44)11-88-105(73,74)75)94-47-36(102-108(82,83)84)27(60)32(38(99-47)41(65)66)95-43-19(49-13(3)52)22(55)29(16(90-43)10-87-104(70,71)72)92-45-34(100-106(76,77)78)25(58)24(57)33(97-45)39(61)62/h15-38,42-47,54-60H,5-11H2,1-4H3,(H,48,51)(H,49,52)(H,50,53)(H,61,62)(H,63,64)(H,65,66)(H,67,68,69)(H,70,71,72)(H,73,74,75)(H,76,77,78)(H,79,80,81)(H,82,83,84)/p-9/t15-,16-,17-,18-,19-,20-,21-,22-,23-,24+,25+,26+,27+,28-,29-,30-,31+,32+,33-,34-,35-,36-,37-,38-,42+,43-,44-,45-,46-,47-/m1/s1. The molecular formula is C47H66N3O52S6-9. The van der Waals surface area contributed by atoms with Crippen LogP contribution in [0.5, 0.6) is 0 Å². The summed E-state index contributed by atoms with van der Waals surface area (Å²) < 4.78 is 307. The van der Waals surface area contributed by atoms with Gasteiger partial charge in [-0.2, -0.15) is 0 Å². The number of ether oxygens (including phenoxy) is 12. The summed E-state index contributed by atoms with van der Waals surface area (Å²) >= 11 is 0. The number of carbonyl (C=O) groups excluding carboxylic acids is 6. The van der Waals surface area contributed by atoms with E-state index in [2.05, 4.69) is 30.4 Å². The summed E-state index contributed by atoms with van der Waals surface area (Å²) in [6.45, 7) is -1.59. The lowest BCUT2D eigenvalue weighted by Gasteiger charge is -2.52. The van der Waals surface area contributed by atoms with E-state index in [4.69, 9.17) is 56.8 Å². The third kappa shape index (κ3) is 25.9. The highest BCUT2D eigenvalue weighted by atomic mass is 32.3. The number of unbranched alkanes of at least 4 members (excludes halogenated alkanes) is 2. The van der Waals surface area contributed by atoms with E-state index in [9.17, 15) is 158 Å². The molecule has 0 aromatic heterocycles. The number of carboxylic acid groups (broad SMARTS) is 3. The number of rotatable bonds is 36. The molecule has 0 unspecified atom stereocenters. The molecule has 6 rings (SSSR count). The Hall–Kier alpha value is -4.72. The molecule has 0 aromatic carbocycles. The zero-order valence-electron chi connectivity index (χ0n) is 54.7. The van der Waals surface area contributed by atoms with Crippen molar-refractivity contribution >= 4 is 98.0 Å². The molecule has 0 aromatic rings. The number of carboxylic acids is 3. The van der Waals surface area contributed by atoms with Gasteiger partial charge in [-0.1, -0.05) is 19.8 Å². The molecule has 6 saturated heterocycles. The largest absolute Gasteiger partial charge is 0.726 e. The van der Waals surface area contributed by atoms with E-state index in [-0.39, 0.29) is 13.0 Å². The van der Waals surface area contributed by atoms with Crippen LogP contribution in [0.1, 0.15) is 47.0 Å². The van der Waals surface area contributed by atoms with Crippen LogP contribution in [0.4, 0.5) is 0 Å². The molecule has 0 aliphatic carbocycles. The molecular weight excluding hydrogens is 1630 g/mol. The van der Waals surface area contributed by atoms with Crippen molar-refractivity contribution in [2.75, 3.05) is 26.4 Å². The molecule has 6 aliphatic heterocycles. The summed E-state index contributed by atoms with van der Waals surface area (Å²) in [6.07, 6.45) is -75.8. The van der Waals surface area contributed by atoms with Gasteiger partial charge in [0.1, 0.15) is 128 Å². The maximum Gasteiger partial charge on any atom is 0.218 e. The Morgan fingerprint density at radius 3 is 0.898 bits per heavy atom. The molecule has 30 atom stereocenters. The van der Waals surface area contributed by atoms with Gasteiger partial charge in [0, 0.05) is 27.4 Å². The number of aliphatic hydroxyl groups is 7. The fraction of sp³-hybridized carbons (Fsp3) is 0.872. The van der Waals surface area contributed by atoms with E-state index in [1.165, 1.54) is 0 Å². The number of hydrogen-bond acceptors (Lipinski definition) is 52. The molecule has 6 aliphatic rings. The van der Waals surface area contributed by atoms with Crippen molar-refractivity contribution in [3.05, 3.63) is 0 Å². The molecule has 10 N–H and O–H groups in total. The average molecular weight is 1700 g/mol.